The Morgan fingerprint density at radius 2 is 1.73 bits per heavy atom. The van der Waals surface area contributed by atoms with Crippen molar-refractivity contribution in [3.8, 4) is 11.5 Å². The molecule has 2 N–H and O–H groups in total. The van der Waals surface area contributed by atoms with Crippen molar-refractivity contribution < 1.29 is 18.7 Å². The Kier molecular flexibility index (Phi) is 6.76. The molecular weight excluding hydrogens is 462 g/mol. The molecular formula is C24H20ClN3O4S. The summed E-state index contributed by atoms with van der Waals surface area (Å²) in [5, 5.41) is 6.48. The van der Waals surface area contributed by atoms with Crippen LogP contribution in [0.15, 0.2) is 65.1 Å². The number of benzene rings is 3. The molecule has 4 rings (SSSR count). The van der Waals surface area contributed by atoms with Crippen LogP contribution in [0.1, 0.15) is 21.8 Å². The molecule has 1 aromatic heterocycles. The maximum atomic E-state index is 12.6. The summed E-state index contributed by atoms with van der Waals surface area (Å²) in [6, 6.07) is 17.8. The topological polar surface area (TPSA) is 85.6 Å². The molecule has 0 aliphatic rings. The van der Waals surface area contributed by atoms with E-state index in [1.165, 1.54) is 14.2 Å². The van der Waals surface area contributed by atoms with E-state index in [0.29, 0.717) is 51.2 Å². The van der Waals surface area contributed by atoms with Crippen LogP contribution in [0.25, 0.3) is 11.1 Å². The quantitative estimate of drug-likeness (QED) is 0.365. The van der Waals surface area contributed by atoms with Gasteiger partial charge in [0, 0.05) is 28.8 Å². The molecule has 0 fully saturated rings. The second kappa shape index (κ2) is 9.89. The molecule has 1 heterocycles. The van der Waals surface area contributed by atoms with E-state index in [-0.39, 0.29) is 5.11 Å². The summed E-state index contributed by atoms with van der Waals surface area (Å²) in [5.41, 5.74) is 3.40. The first-order valence-corrected chi connectivity index (χ1v) is 10.7. The number of hydrogen-bond acceptors (Lipinski definition) is 6. The van der Waals surface area contributed by atoms with Crippen LogP contribution in [0.4, 0.5) is 5.69 Å². The number of thiocarbonyl (C=S) groups is 1. The summed E-state index contributed by atoms with van der Waals surface area (Å²) in [6.45, 7) is 0. The van der Waals surface area contributed by atoms with Gasteiger partial charge < -0.3 is 19.2 Å². The van der Waals surface area contributed by atoms with Crippen LogP contribution in [0.5, 0.6) is 11.5 Å². The number of carbonyl (C=O) groups excluding carboxylic acids is 1. The first-order chi connectivity index (χ1) is 15.9. The minimum atomic E-state index is -0.391. The van der Waals surface area contributed by atoms with Gasteiger partial charge in [0.05, 0.1) is 14.2 Å². The molecule has 4 aromatic rings. The van der Waals surface area contributed by atoms with E-state index in [4.69, 9.17) is 37.7 Å². The van der Waals surface area contributed by atoms with Crippen molar-refractivity contribution >= 4 is 51.6 Å². The monoisotopic (exact) mass is 481 g/mol. The van der Waals surface area contributed by atoms with Crippen LogP contribution in [0.2, 0.25) is 5.02 Å². The third-order valence-electron chi connectivity index (χ3n) is 4.80. The molecule has 0 atom stereocenters. The lowest BCUT2D eigenvalue weighted by molar-refractivity contribution is 0.0977. The highest BCUT2D eigenvalue weighted by atomic mass is 35.5. The number of ether oxygens (including phenoxy) is 2. The number of anilines is 1. The molecule has 0 saturated carbocycles. The van der Waals surface area contributed by atoms with E-state index in [1.807, 2.05) is 24.3 Å². The van der Waals surface area contributed by atoms with Crippen molar-refractivity contribution in [3.05, 3.63) is 82.7 Å². The SMILES string of the molecule is COc1cc(OC)cc(C(=O)NC(=S)Nc2ccc3oc(Cc4ccc(Cl)cc4)nc3c2)c1. The highest BCUT2D eigenvalue weighted by Gasteiger charge is 2.13. The Balaban J connectivity index is 1.43. The van der Waals surface area contributed by atoms with Gasteiger partial charge in [-0.05, 0) is 60.2 Å². The lowest BCUT2D eigenvalue weighted by Gasteiger charge is -2.11. The molecule has 0 aliphatic heterocycles. The van der Waals surface area contributed by atoms with Gasteiger partial charge in [-0.15, -0.1) is 0 Å². The Morgan fingerprint density at radius 3 is 2.39 bits per heavy atom. The smallest absolute Gasteiger partial charge is 0.257 e. The van der Waals surface area contributed by atoms with E-state index in [2.05, 4.69) is 15.6 Å². The van der Waals surface area contributed by atoms with Crippen molar-refractivity contribution in [2.24, 2.45) is 0 Å². The van der Waals surface area contributed by atoms with E-state index < -0.39 is 5.91 Å². The third-order valence-corrected chi connectivity index (χ3v) is 5.26. The van der Waals surface area contributed by atoms with Crippen LogP contribution < -0.4 is 20.1 Å². The number of rotatable bonds is 6. The summed E-state index contributed by atoms with van der Waals surface area (Å²) < 4.78 is 16.2. The molecule has 0 unspecified atom stereocenters. The van der Waals surface area contributed by atoms with Crippen LogP contribution in [-0.2, 0) is 6.42 Å². The van der Waals surface area contributed by atoms with Gasteiger partial charge in [-0.25, -0.2) is 4.98 Å². The molecule has 0 aliphatic carbocycles. The van der Waals surface area contributed by atoms with Crippen molar-refractivity contribution in [2.75, 3.05) is 19.5 Å². The number of nitrogens with zero attached hydrogens (tertiary/aromatic N) is 1. The van der Waals surface area contributed by atoms with Gasteiger partial charge in [0.15, 0.2) is 16.6 Å². The fourth-order valence-electron chi connectivity index (χ4n) is 3.18. The molecule has 3 aromatic carbocycles. The first kappa shape index (κ1) is 22.6. The van der Waals surface area contributed by atoms with Crippen LogP contribution in [0.3, 0.4) is 0 Å². The minimum absolute atomic E-state index is 0.144. The molecule has 168 valence electrons. The number of methoxy groups -OCH3 is 2. The average molecular weight is 482 g/mol. The van der Waals surface area contributed by atoms with Crippen LogP contribution in [-0.4, -0.2) is 30.2 Å². The first-order valence-electron chi connectivity index (χ1n) is 9.93. The van der Waals surface area contributed by atoms with Crippen molar-refractivity contribution in [3.63, 3.8) is 0 Å². The molecule has 0 spiro atoms. The summed E-state index contributed by atoms with van der Waals surface area (Å²) in [7, 11) is 3.03. The number of oxazole rings is 1. The van der Waals surface area contributed by atoms with Crippen molar-refractivity contribution in [1.29, 1.82) is 0 Å². The predicted octanol–water partition coefficient (Wildman–Crippen LogP) is 5.22. The van der Waals surface area contributed by atoms with Gasteiger partial charge in [0.2, 0.25) is 0 Å². The Morgan fingerprint density at radius 1 is 1.03 bits per heavy atom. The lowest BCUT2D eigenvalue weighted by Crippen LogP contribution is -2.34. The zero-order valence-electron chi connectivity index (χ0n) is 17.8. The fraction of sp³-hybridized carbons (Fsp3) is 0.125. The molecule has 0 bridgehead atoms. The second-order valence-electron chi connectivity index (χ2n) is 7.10. The maximum Gasteiger partial charge on any atom is 0.257 e. The van der Waals surface area contributed by atoms with Gasteiger partial charge >= 0.3 is 0 Å². The fourth-order valence-corrected chi connectivity index (χ4v) is 3.52. The van der Waals surface area contributed by atoms with Gasteiger partial charge in [-0.3, -0.25) is 10.1 Å². The molecule has 9 heteroatoms. The van der Waals surface area contributed by atoms with Crippen molar-refractivity contribution in [1.82, 2.24) is 10.3 Å². The summed E-state index contributed by atoms with van der Waals surface area (Å²) in [6.07, 6.45) is 0.549. The average Bonchev–Trinajstić information content (AvgIpc) is 3.21. The number of halogens is 1. The standard InChI is InChI=1S/C24H20ClN3O4S/c1-30-18-10-15(11-19(13-18)31-2)23(29)28-24(33)26-17-7-8-21-20(12-17)27-22(32-21)9-14-3-5-16(25)6-4-14/h3-8,10-13H,9H2,1-2H3,(H2,26,28,29,33). The minimum Gasteiger partial charge on any atom is -0.497 e. The Bertz CT molecular complexity index is 1300. The van der Waals surface area contributed by atoms with E-state index in [9.17, 15) is 4.79 Å². The lowest BCUT2D eigenvalue weighted by atomic mass is 10.1. The normalized spacial score (nSPS) is 10.6. The van der Waals surface area contributed by atoms with E-state index in [0.717, 1.165) is 5.56 Å². The van der Waals surface area contributed by atoms with E-state index in [1.54, 1.807) is 36.4 Å². The van der Waals surface area contributed by atoms with Crippen molar-refractivity contribution in [2.45, 2.75) is 6.42 Å². The molecule has 7 nitrogen and oxygen atoms in total. The number of nitrogens with one attached hydrogen (secondary N) is 2. The number of carbonyl (C=O) groups is 1. The zero-order chi connectivity index (χ0) is 23.4. The Hall–Kier alpha value is -3.62. The molecule has 0 radical (unpaired) electrons. The maximum absolute atomic E-state index is 12.6. The molecule has 33 heavy (non-hydrogen) atoms. The number of aromatic nitrogens is 1. The summed E-state index contributed by atoms with van der Waals surface area (Å²) in [5.74, 6) is 1.21. The zero-order valence-corrected chi connectivity index (χ0v) is 19.4. The number of amides is 1. The molecule has 1 amide bonds. The highest BCUT2D eigenvalue weighted by Crippen LogP contribution is 2.24. The predicted molar refractivity (Wildman–Crippen MR) is 131 cm³/mol. The highest BCUT2D eigenvalue weighted by molar-refractivity contribution is 7.80. The molecule has 0 saturated heterocycles. The summed E-state index contributed by atoms with van der Waals surface area (Å²) in [4.78, 5) is 17.2. The number of hydrogen-bond donors (Lipinski definition) is 2. The van der Waals surface area contributed by atoms with Gasteiger partial charge in [0.1, 0.15) is 17.0 Å². The van der Waals surface area contributed by atoms with E-state index >= 15 is 0 Å². The summed E-state index contributed by atoms with van der Waals surface area (Å²) >= 11 is 11.2. The number of fused-ring (bicyclic) bond motifs is 1. The van der Waals surface area contributed by atoms with Gasteiger partial charge in [-0.2, -0.15) is 0 Å². The second-order valence-corrected chi connectivity index (χ2v) is 7.95. The van der Waals surface area contributed by atoms with Crippen LogP contribution in [0, 0.1) is 0 Å². The van der Waals surface area contributed by atoms with Gasteiger partial charge in [0.25, 0.3) is 5.91 Å². The largest absolute Gasteiger partial charge is 0.497 e. The Labute approximate surface area is 200 Å². The van der Waals surface area contributed by atoms with Gasteiger partial charge in [-0.1, -0.05) is 23.7 Å². The van der Waals surface area contributed by atoms with Crippen LogP contribution >= 0.6 is 23.8 Å². The third kappa shape index (κ3) is 5.60.